The Morgan fingerprint density at radius 1 is 1.40 bits per heavy atom. The quantitative estimate of drug-likeness (QED) is 0.831. The van der Waals surface area contributed by atoms with Crippen LogP contribution in [0.4, 0.5) is 0 Å². The molecule has 1 aliphatic rings. The Hall–Kier alpha value is -2.15. The van der Waals surface area contributed by atoms with Gasteiger partial charge in [0.2, 0.25) is 0 Å². The highest BCUT2D eigenvalue weighted by molar-refractivity contribution is 7.99. The van der Waals surface area contributed by atoms with E-state index in [1.165, 1.54) is 12.3 Å². The molecule has 0 spiro atoms. The van der Waals surface area contributed by atoms with E-state index < -0.39 is 5.97 Å². The van der Waals surface area contributed by atoms with Crippen LogP contribution in [0.1, 0.15) is 28.0 Å². The molecule has 2 aromatic heterocycles. The first-order valence-electron chi connectivity index (χ1n) is 6.13. The maximum atomic E-state index is 11.3. The number of hydrogen-bond acceptors (Lipinski definition) is 5. The zero-order chi connectivity index (χ0) is 14.1. The van der Waals surface area contributed by atoms with E-state index in [-0.39, 0.29) is 11.1 Å². The molecule has 0 bridgehead atoms. The number of hydrogen-bond donors (Lipinski definition) is 2. The molecule has 0 fully saturated rings. The van der Waals surface area contributed by atoms with Gasteiger partial charge in [-0.05, 0) is 42.7 Å². The number of carboxylic acids is 1. The molecule has 0 saturated carbocycles. The molecule has 2 aromatic rings. The van der Waals surface area contributed by atoms with E-state index in [1.807, 2.05) is 0 Å². The lowest BCUT2D eigenvalue weighted by Crippen LogP contribution is -2.07. The van der Waals surface area contributed by atoms with Gasteiger partial charge in [0.15, 0.2) is 5.16 Å². The van der Waals surface area contributed by atoms with Crippen LogP contribution in [-0.4, -0.2) is 26.0 Å². The van der Waals surface area contributed by atoms with E-state index in [0.717, 1.165) is 42.3 Å². The molecule has 0 amide bonds. The van der Waals surface area contributed by atoms with Gasteiger partial charge < -0.3 is 10.1 Å². The van der Waals surface area contributed by atoms with Crippen LogP contribution < -0.4 is 5.56 Å². The summed E-state index contributed by atoms with van der Waals surface area (Å²) in [6, 6.07) is 2.99. The lowest BCUT2D eigenvalue weighted by Gasteiger charge is -2.07. The van der Waals surface area contributed by atoms with Crippen molar-refractivity contribution in [3.8, 4) is 0 Å². The Bertz CT molecular complexity index is 742. The van der Waals surface area contributed by atoms with Gasteiger partial charge in [0, 0.05) is 18.0 Å². The molecule has 0 radical (unpaired) electrons. The molecule has 3 rings (SSSR count). The second-order valence-corrected chi connectivity index (χ2v) is 5.42. The van der Waals surface area contributed by atoms with Crippen molar-refractivity contribution in [3.05, 3.63) is 45.5 Å². The van der Waals surface area contributed by atoms with E-state index in [4.69, 9.17) is 0 Å². The fourth-order valence-electron chi connectivity index (χ4n) is 2.18. The zero-order valence-corrected chi connectivity index (χ0v) is 11.2. The van der Waals surface area contributed by atoms with E-state index in [2.05, 4.69) is 15.0 Å². The summed E-state index contributed by atoms with van der Waals surface area (Å²) in [6.45, 7) is 0. The molecule has 6 nitrogen and oxygen atoms in total. The summed E-state index contributed by atoms with van der Waals surface area (Å²) in [5, 5.41) is 9.99. The maximum Gasteiger partial charge on any atom is 0.338 e. The van der Waals surface area contributed by atoms with Gasteiger partial charge in [-0.15, -0.1) is 0 Å². The summed E-state index contributed by atoms with van der Waals surface area (Å²) in [5.74, 6) is -1.02. The van der Waals surface area contributed by atoms with Crippen molar-refractivity contribution in [2.75, 3.05) is 0 Å². The third kappa shape index (κ3) is 2.44. The molecule has 102 valence electrons. The first-order valence-corrected chi connectivity index (χ1v) is 6.94. The van der Waals surface area contributed by atoms with Crippen LogP contribution in [0.3, 0.4) is 0 Å². The third-order valence-electron chi connectivity index (χ3n) is 3.09. The minimum atomic E-state index is -1.02. The molecule has 7 heteroatoms. The molecule has 2 N–H and O–H groups in total. The van der Waals surface area contributed by atoms with Crippen LogP contribution >= 0.6 is 11.8 Å². The van der Waals surface area contributed by atoms with E-state index in [0.29, 0.717) is 10.2 Å². The summed E-state index contributed by atoms with van der Waals surface area (Å²) in [7, 11) is 0. The average Bonchev–Trinajstić information content (AvgIpc) is 2.84. The number of aryl methyl sites for hydroxylation is 2. The molecule has 1 aliphatic carbocycles. The number of pyridine rings is 1. The normalized spacial score (nSPS) is 13.2. The lowest BCUT2D eigenvalue weighted by molar-refractivity contribution is 0.0692. The zero-order valence-electron chi connectivity index (χ0n) is 10.4. The maximum absolute atomic E-state index is 11.3. The number of carbonyl (C=O) groups is 1. The van der Waals surface area contributed by atoms with Crippen molar-refractivity contribution in [3.63, 3.8) is 0 Å². The second-order valence-electron chi connectivity index (χ2n) is 4.45. The molecule has 0 atom stereocenters. The monoisotopic (exact) mass is 289 g/mol. The predicted molar refractivity (Wildman–Crippen MR) is 72.2 cm³/mol. The van der Waals surface area contributed by atoms with Crippen molar-refractivity contribution in [2.45, 2.75) is 29.4 Å². The number of aromatic nitrogens is 3. The predicted octanol–water partition coefficient (Wildman–Crippen LogP) is 1.50. The highest BCUT2D eigenvalue weighted by Crippen LogP contribution is 2.30. The van der Waals surface area contributed by atoms with Gasteiger partial charge in [-0.1, -0.05) is 0 Å². The largest absolute Gasteiger partial charge is 0.478 e. The standard InChI is InChI=1S/C13H11N3O3S/c17-10-4-5-14-13(16-10)20-11-8(12(18)19)6-7-2-1-3-9(7)15-11/h4-6H,1-3H2,(H,18,19)(H,14,16,17). The molecular weight excluding hydrogens is 278 g/mol. The Morgan fingerprint density at radius 2 is 2.25 bits per heavy atom. The molecular formula is C13H11N3O3S. The highest BCUT2D eigenvalue weighted by Gasteiger charge is 2.21. The van der Waals surface area contributed by atoms with Crippen LogP contribution in [-0.2, 0) is 12.8 Å². The van der Waals surface area contributed by atoms with Gasteiger partial charge in [-0.25, -0.2) is 14.8 Å². The number of H-pyrrole nitrogens is 1. The SMILES string of the molecule is O=C(O)c1cc2c(nc1Sc1nccc(=O)[nH]1)CCC2. The highest BCUT2D eigenvalue weighted by atomic mass is 32.2. The van der Waals surface area contributed by atoms with E-state index >= 15 is 0 Å². The number of aromatic amines is 1. The van der Waals surface area contributed by atoms with Crippen molar-refractivity contribution in [1.82, 2.24) is 15.0 Å². The van der Waals surface area contributed by atoms with E-state index in [1.54, 1.807) is 6.07 Å². The van der Waals surface area contributed by atoms with Crippen molar-refractivity contribution >= 4 is 17.7 Å². The second kappa shape index (κ2) is 5.09. The van der Waals surface area contributed by atoms with E-state index in [9.17, 15) is 14.7 Å². The number of rotatable bonds is 3. The van der Waals surface area contributed by atoms with Gasteiger partial charge in [0.1, 0.15) is 5.03 Å². The Balaban J connectivity index is 2.04. The van der Waals surface area contributed by atoms with Crippen LogP contribution in [0.15, 0.2) is 33.3 Å². The lowest BCUT2D eigenvalue weighted by atomic mass is 10.1. The van der Waals surface area contributed by atoms with Gasteiger partial charge in [0.25, 0.3) is 5.56 Å². The molecule has 0 unspecified atom stereocenters. The van der Waals surface area contributed by atoms with Crippen molar-refractivity contribution < 1.29 is 9.90 Å². The third-order valence-corrected chi connectivity index (χ3v) is 3.99. The Kier molecular flexibility index (Phi) is 3.27. The molecule has 0 saturated heterocycles. The minimum Gasteiger partial charge on any atom is -0.478 e. The number of nitrogens with zero attached hydrogens (tertiary/aromatic N) is 2. The number of aromatic carboxylic acids is 1. The number of fused-ring (bicyclic) bond motifs is 1. The Morgan fingerprint density at radius 3 is 3.00 bits per heavy atom. The number of carboxylic acid groups (broad SMARTS) is 1. The summed E-state index contributed by atoms with van der Waals surface area (Å²) in [4.78, 5) is 33.5. The Labute approximate surface area is 118 Å². The van der Waals surface area contributed by atoms with Gasteiger partial charge in [-0.2, -0.15) is 0 Å². The molecule has 20 heavy (non-hydrogen) atoms. The first kappa shape index (κ1) is 12.9. The van der Waals surface area contributed by atoms with Gasteiger partial charge in [0.05, 0.1) is 5.56 Å². The van der Waals surface area contributed by atoms with Gasteiger partial charge >= 0.3 is 5.97 Å². The smallest absolute Gasteiger partial charge is 0.338 e. The topological polar surface area (TPSA) is 95.9 Å². The average molecular weight is 289 g/mol. The summed E-state index contributed by atoms with van der Waals surface area (Å²) >= 11 is 1.06. The summed E-state index contributed by atoms with van der Waals surface area (Å²) < 4.78 is 0. The van der Waals surface area contributed by atoms with Crippen LogP contribution in [0.2, 0.25) is 0 Å². The molecule has 0 aromatic carbocycles. The fraction of sp³-hybridized carbons (Fsp3) is 0.231. The van der Waals surface area contributed by atoms with Crippen LogP contribution in [0.25, 0.3) is 0 Å². The van der Waals surface area contributed by atoms with Crippen molar-refractivity contribution in [1.29, 1.82) is 0 Å². The van der Waals surface area contributed by atoms with Gasteiger partial charge in [-0.3, -0.25) is 4.79 Å². The van der Waals surface area contributed by atoms with Crippen LogP contribution in [0, 0.1) is 0 Å². The van der Waals surface area contributed by atoms with Crippen molar-refractivity contribution in [2.24, 2.45) is 0 Å². The fourth-order valence-corrected chi connectivity index (χ4v) is 3.04. The summed E-state index contributed by atoms with van der Waals surface area (Å²) in [5.41, 5.74) is 1.82. The summed E-state index contributed by atoms with van der Waals surface area (Å²) in [6.07, 6.45) is 4.11. The minimum absolute atomic E-state index is 0.155. The molecule has 0 aliphatic heterocycles. The number of nitrogens with one attached hydrogen (secondary N) is 1. The first-order chi connectivity index (χ1) is 9.63. The molecule has 2 heterocycles. The van der Waals surface area contributed by atoms with Crippen LogP contribution in [0.5, 0.6) is 0 Å².